The number of carbonyl (C=O) groups is 3. The predicted molar refractivity (Wildman–Crippen MR) is 86.7 cm³/mol. The second-order valence-corrected chi connectivity index (χ2v) is 6.12. The highest BCUT2D eigenvalue weighted by molar-refractivity contribution is 5.90. The van der Waals surface area contributed by atoms with E-state index in [2.05, 4.69) is 10.6 Å². The Labute approximate surface area is 140 Å². The number of hydrogen-bond acceptors (Lipinski definition) is 3. The monoisotopic (exact) mass is 338 g/mol. The van der Waals surface area contributed by atoms with Crippen molar-refractivity contribution >= 4 is 17.8 Å². The number of halogens is 1. The van der Waals surface area contributed by atoms with E-state index in [9.17, 15) is 23.9 Å². The summed E-state index contributed by atoms with van der Waals surface area (Å²) < 4.78 is 13.2. The lowest BCUT2D eigenvalue weighted by Gasteiger charge is -2.22. The van der Waals surface area contributed by atoms with Crippen LogP contribution in [0.5, 0.6) is 0 Å². The van der Waals surface area contributed by atoms with Gasteiger partial charge in [-0.1, -0.05) is 26.0 Å². The minimum atomic E-state index is -1.22. The molecule has 1 aromatic rings. The predicted octanol–water partition coefficient (Wildman–Crippen LogP) is 1.49. The lowest BCUT2D eigenvalue weighted by Crippen LogP contribution is -2.52. The summed E-state index contributed by atoms with van der Waals surface area (Å²) in [5.74, 6) is -2.49. The van der Waals surface area contributed by atoms with Crippen molar-refractivity contribution in [3.63, 3.8) is 0 Å². The Balaban J connectivity index is 2.83. The molecule has 0 saturated carbocycles. The van der Waals surface area contributed by atoms with E-state index in [-0.39, 0.29) is 18.2 Å². The van der Waals surface area contributed by atoms with Crippen LogP contribution in [0.25, 0.3) is 0 Å². The van der Waals surface area contributed by atoms with Gasteiger partial charge in [-0.15, -0.1) is 0 Å². The number of amides is 2. The molecule has 0 radical (unpaired) electrons. The fourth-order valence-corrected chi connectivity index (χ4v) is 2.32. The molecule has 0 fully saturated rings. The summed E-state index contributed by atoms with van der Waals surface area (Å²) in [5.41, 5.74) is 0.461. The third kappa shape index (κ3) is 6.76. The molecular weight excluding hydrogens is 315 g/mol. The summed E-state index contributed by atoms with van der Waals surface area (Å²) in [4.78, 5) is 35.0. The number of rotatable bonds is 8. The van der Waals surface area contributed by atoms with Crippen LogP contribution < -0.4 is 10.6 Å². The Morgan fingerprint density at radius 1 is 1.17 bits per heavy atom. The second-order valence-electron chi connectivity index (χ2n) is 6.12. The van der Waals surface area contributed by atoms with Crippen LogP contribution in [0.3, 0.4) is 0 Å². The standard InChI is InChI=1S/C17H23FN2O4/c1-10(2)7-14(19-11(3)21)16(22)20-15(17(23)24)9-12-5-4-6-13(18)8-12/h4-6,8,10,14-15H,7,9H2,1-3H3,(H,19,21)(H,20,22)(H,23,24)/t14-,15-/m0/s1. The molecule has 0 aliphatic carbocycles. The summed E-state index contributed by atoms with van der Waals surface area (Å²) >= 11 is 0. The second kappa shape index (κ2) is 9.00. The van der Waals surface area contributed by atoms with Crippen molar-refractivity contribution in [2.75, 3.05) is 0 Å². The topological polar surface area (TPSA) is 95.5 Å². The summed E-state index contributed by atoms with van der Waals surface area (Å²) in [6.45, 7) is 5.08. The molecule has 24 heavy (non-hydrogen) atoms. The summed E-state index contributed by atoms with van der Waals surface area (Å²) in [6.07, 6.45) is 0.338. The van der Waals surface area contributed by atoms with Gasteiger partial charge in [0.1, 0.15) is 17.9 Å². The highest BCUT2D eigenvalue weighted by Crippen LogP contribution is 2.09. The van der Waals surface area contributed by atoms with Gasteiger partial charge in [0.15, 0.2) is 0 Å². The minimum absolute atomic E-state index is 0.0483. The number of carboxylic acid groups (broad SMARTS) is 1. The molecule has 0 aliphatic rings. The lowest BCUT2D eigenvalue weighted by atomic mass is 10.0. The fraction of sp³-hybridized carbons (Fsp3) is 0.471. The van der Waals surface area contributed by atoms with Gasteiger partial charge in [0, 0.05) is 13.3 Å². The molecule has 0 bridgehead atoms. The van der Waals surface area contributed by atoms with E-state index in [1.807, 2.05) is 13.8 Å². The highest BCUT2D eigenvalue weighted by Gasteiger charge is 2.26. The smallest absolute Gasteiger partial charge is 0.326 e. The fourth-order valence-electron chi connectivity index (χ4n) is 2.32. The molecule has 0 saturated heterocycles. The molecule has 1 aromatic carbocycles. The first-order valence-electron chi connectivity index (χ1n) is 7.73. The maximum atomic E-state index is 13.2. The van der Waals surface area contributed by atoms with Gasteiger partial charge in [-0.25, -0.2) is 9.18 Å². The van der Waals surface area contributed by atoms with Gasteiger partial charge in [0.2, 0.25) is 11.8 Å². The number of nitrogens with one attached hydrogen (secondary N) is 2. The average molecular weight is 338 g/mol. The molecule has 2 atom stereocenters. The van der Waals surface area contributed by atoms with Crippen molar-refractivity contribution < 1.29 is 23.9 Å². The van der Waals surface area contributed by atoms with E-state index < -0.39 is 29.8 Å². The van der Waals surface area contributed by atoms with Gasteiger partial charge in [-0.05, 0) is 30.0 Å². The molecule has 2 amide bonds. The van der Waals surface area contributed by atoms with Crippen LogP contribution >= 0.6 is 0 Å². The molecule has 0 spiro atoms. The highest BCUT2D eigenvalue weighted by atomic mass is 19.1. The van der Waals surface area contributed by atoms with Crippen LogP contribution in [0.1, 0.15) is 32.8 Å². The van der Waals surface area contributed by atoms with Gasteiger partial charge < -0.3 is 15.7 Å². The summed E-state index contributed by atoms with van der Waals surface area (Å²) in [7, 11) is 0. The molecular formula is C17H23FN2O4. The van der Waals surface area contributed by atoms with Crippen molar-refractivity contribution in [3.05, 3.63) is 35.6 Å². The molecule has 1 rings (SSSR count). The van der Waals surface area contributed by atoms with Crippen molar-refractivity contribution in [2.45, 2.75) is 45.7 Å². The zero-order valence-corrected chi connectivity index (χ0v) is 14.0. The summed E-state index contributed by atoms with van der Waals surface area (Å²) in [5, 5.41) is 14.2. The van der Waals surface area contributed by atoms with Crippen molar-refractivity contribution in [1.29, 1.82) is 0 Å². The maximum absolute atomic E-state index is 13.2. The Morgan fingerprint density at radius 3 is 2.33 bits per heavy atom. The first kappa shape index (κ1) is 19.6. The molecule has 6 nitrogen and oxygen atoms in total. The van der Waals surface area contributed by atoms with Gasteiger partial charge in [-0.3, -0.25) is 9.59 Å². The Kier molecular flexibility index (Phi) is 7.35. The summed E-state index contributed by atoms with van der Waals surface area (Å²) in [6, 6.07) is 3.53. The first-order valence-corrected chi connectivity index (χ1v) is 7.73. The van der Waals surface area contributed by atoms with E-state index >= 15 is 0 Å². The van der Waals surface area contributed by atoms with Crippen molar-refractivity contribution in [2.24, 2.45) is 5.92 Å². The number of carbonyl (C=O) groups excluding carboxylic acids is 2. The molecule has 0 aromatic heterocycles. The third-order valence-electron chi connectivity index (χ3n) is 3.34. The Hall–Kier alpha value is -2.44. The third-order valence-corrected chi connectivity index (χ3v) is 3.34. The largest absolute Gasteiger partial charge is 0.480 e. The van der Waals surface area contributed by atoms with Gasteiger partial charge in [0.25, 0.3) is 0 Å². The number of hydrogen-bond donors (Lipinski definition) is 3. The molecule has 132 valence electrons. The van der Waals surface area contributed by atoms with Gasteiger partial charge >= 0.3 is 5.97 Å². The van der Waals surface area contributed by atoms with Gasteiger partial charge in [-0.2, -0.15) is 0 Å². The normalized spacial score (nSPS) is 13.2. The number of aliphatic carboxylic acids is 1. The van der Waals surface area contributed by atoms with Crippen LogP contribution in [0.2, 0.25) is 0 Å². The molecule has 0 heterocycles. The van der Waals surface area contributed by atoms with Crippen molar-refractivity contribution in [1.82, 2.24) is 10.6 Å². The Bertz CT molecular complexity index is 604. The molecule has 0 unspecified atom stereocenters. The zero-order chi connectivity index (χ0) is 18.3. The lowest BCUT2D eigenvalue weighted by molar-refractivity contribution is -0.142. The quantitative estimate of drug-likeness (QED) is 0.669. The van der Waals surface area contributed by atoms with Crippen LogP contribution in [0.15, 0.2) is 24.3 Å². The minimum Gasteiger partial charge on any atom is -0.480 e. The number of benzene rings is 1. The van der Waals surface area contributed by atoms with E-state index in [1.165, 1.54) is 25.1 Å². The van der Waals surface area contributed by atoms with Crippen LogP contribution in [-0.4, -0.2) is 35.0 Å². The van der Waals surface area contributed by atoms with E-state index in [4.69, 9.17) is 0 Å². The number of carboxylic acids is 1. The van der Waals surface area contributed by atoms with Crippen LogP contribution in [0, 0.1) is 11.7 Å². The van der Waals surface area contributed by atoms with Crippen LogP contribution in [0.4, 0.5) is 4.39 Å². The Morgan fingerprint density at radius 2 is 1.83 bits per heavy atom. The van der Waals surface area contributed by atoms with E-state index in [0.717, 1.165) is 0 Å². The van der Waals surface area contributed by atoms with Crippen LogP contribution in [-0.2, 0) is 20.8 Å². The average Bonchev–Trinajstić information content (AvgIpc) is 2.44. The molecule has 3 N–H and O–H groups in total. The van der Waals surface area contributed by atoms with Gasteiger partial charge in [0.05, 0.1) is 0 Å². The maximum Gasteiger partial charge on any atom is 0.326 e. The molecule has 0 aliphatic heterocycles. The SMILES string of the molecule is CC(=O)N[C@@H](CC(C)C)C(=O)N[C@@H](Cc1cccc(F)c1)C(=O)O. The first-order chi connectivity index (χ1) is 11.2. The van der Waals surface area contributed by atoms with E-state index in [1.54, 1.807) is 6.07 Å². The van der Waals surface area contributed by atoms with E-state index in [0.29, 0.717) is 12.0 Å². The zero-order valence-electron chi connectivity index (χ0n) is 14.0. The molecule has 7 heteroatoms. The van der Waals surface area contributed by atoms with Crippen molar-refractivity contribution in [3.8, 4) is 0 Å².